The first kappa shape index (κ1) is 19.4. The van der Waals surface area contributed by atoms with Crippen LogP contribution in [0.25, 0.3) is 15.3 Å². The third kappa shape index (κ3) is 3.27. The zero-order chi connectivity index (χ0) is 21.5. The van der Waals surface area contributed by atoms with Crippen molar-refractivity contribution in [2.45, 2.75) is 12.3 Å². The number of amides is 1. The molecule has 1 aliphatic rings. The van der Waals surface area contributed by atoms with Crippen LogP contribution in [0.4, 0.5) is 5.82 Å². The fraction of sp³-hybridized carbons (Fsp3) is 0.227. The number of nitrogens with one attached hydrogen (secondary N) is 1. The Morgan fingerprint density at radius 1 is 1.03 bits per heavy atom. The van der Waals surface area contributed by atoms with Crippen LogP contribution in [0.5, 0.6) is 17.2 Å². The predicted molar refractivity (Wildman–Crippen MR) is 118 cm³/mol. The molecule has 0 unspecified atom stereocenters. The number of carbonyl (C=O) groups is 1. The molecule has 5 rings (SSSR count). The molecule has 0 fully saturated rings. The molecule has 158 valence electrons. The highest BCUT2D eigenvalue weighted by Crippen LogP contribution is 2.43. The van der Waals surface area contributed by atoms with Gasteiger partial charge in [0.1, 0.15) is 23.1 Å². The normalized spacial score (nSPS) is 15.5. The lowest BCUT2D eigenvalue weighted by Gasteiger charge is -2.25. The highest BCUT2D eigenvalue weighted by molar-refractivity contribution is 7.20. The van der Waals surface area contributed by atoms with Crippen LogP contribution >= 0.6 is 11.3 Å². The number of fused-ring (bicyclic) bond motifs is 2. The van der Waals surface area contributed by atoms with Crippen LogP contribution in [0, 0.1) is 0 Å². The lowest BCUT2D eigenvalue weighted by Crippen LogP contribution is -2.24. The second-order valence-electron chi connectivity index (χ2n) is 7.10. The third-order valence-corrected chi connectivity index (χ3v) is 6.39. The van der Waals surface area contributed by atoms with Crippen molar-refractivity contribution in [1.29, 1.82) is 0 Å². The number of aromatic nitrogens is 3. The van der Waals surface area contributed by atoms with Gasteiger partial charge in [-0.15, -0.1) is 0 Å². The number of hydrogen-bond acceptors (Lipinski definition) is 7. The topological polar surface area (TPSA) is 87.5 Å². The standard InChI is InChI=1S/C22H20N4O4S/c1-28-12-5-7-18(30-3)15(8-12)14-10-20(27)25-21-16(14)11-23-26(21)22-24-17-6-4-13(29-2)9-19(17)31-22/h4-9,11,14H,10H2,1-3H3,(H,25,27)/t14-/m0/s1. The number of anilines is 1. The molecule has 0 saturated carbocycles. The summed E-state index contributed by atoms with van der Waals surface area (Å²) in [5.74, 6) is 2.49. The van der Waals surface area contributed by atoms with Gasteiger partial charge in [0.05, 0.1) is 37.7 Å². The molecule has 1 atom stereocenters. The van der Waals surface area contributed by atoms with Crippen LogP contribution in [-0.2, 0) is 4.79 Å². The maximum absolute atomic E-state index is 12.6. The molecule has 4 aromatic rings. The van der Waals surface area contributed by atoms with Gasteiger partial charge in [-0.05, 0) is 36.4 Å². The number of methoxy groups -OCH3 is 3. The number of ether oxygens (including phenoxy) is 3. The minimum Gasteiger partial charge on any atom is -0.497 e. The monoisotopic (exact) mass is 436 g/mol. The van der Waals surface area contributed by atoms with Crippen molar-refractivity contribution in [3.05, 3.63) is 53.7 Å². The van der Waals surface area contributed by atoms with Crippen LogP contribution in [0.15, 0.2) is 42.6 Å². The van der Waals surface area contributed by atoms with Crippen molar-refractivity contribution < 1.29 is 19.0 Å². The molecule has 9 heteroatoms. The minimum atomic E-state index is -0.211. The summed E-state index contributed by atoms with van der Waals surface area (Å²) in [7, 11) is 4.87. The first-order chi connectivity index (χ1) is 15.1. The average Bonchev–Trinajstić information content (AvgIpc) is 3.41. The molecule has 0 spiro atoms. The van der Waals surface area contributed by atoms with Crippen LogP contribution < -0.4 is 19.5 Å². The van der Waals surface area contributed by atoms with Crippen molar-refractivity contribution in [1.82, 2.24) is 14.8 Å². The Kier molecular flexibility index (Phi) is 4.74. The highest BCUT2D eigenvalue weighted by atomic mass is 32.1. The van der Waals surface area contributed by atoms with Gasteiger partial charge < -0.3 is 19.5 Å². The lowest BCUT2D eigenvalue weighted by molar-refractivity contribution is -0.116. The van der Waals surface area contributed by atoms with E-state index in [0.717, 1.165) is 27.1 Å². The smallest absolute Gasteiger partial charge is 0.226 e. The third-order valence-electron chi connectivity index (χ3n) is 5.40. The van der Waals surface area contributed by atoms with Crippen LogP contribution in [0.1, 0.15) is 23.5 Å². The number of nitrogens with zero attached hydrogens (tertiary/aromatic N) is 3. The summed E-state index contributed by atoms with van der Waals surface area (Å²) in [5.41, 5.74) is 2.63. The molecule has 0 bridgehead atoms. The molecule has 0 radical (unpaired) electrons. The quantitative estimate of drug-likeness (QED) is 0.509. The Morgan fingerprint density at radius 2 is 1.81 bits per heavy atom. The summed E-state index contributed by atoms with van der Waals surface area (Å²) in [6, 6.07) is 11.3. The molecule has 0 saturated heterocycles. The van der Waals surface area contributed by atoms with E-state index in [1.165, 1.54) is 11.3 Å². The summed E-state index contributed by atoms with van der Waals surface area (Å²) in [4.78, 5) is 17.3. The van der Waals surface area contributed by atoms with E-state index in [2.05, 4.69) is 10.4 Å². The number of carbonyl (C=O) groups excluding carboxylic acids is 1. The number of hydrogen-bond donors (Lipinski definition) is 1. The van der Waals surface area contributed by atoms with Crippen LogP contribution in [-0.4, -0.2) is 42.0 Å². The predicted octanol–water partition coefficient (Wildman–Crippen LogP) is 3.98. The van der Waals surface area contributed by atoms with E-state index in [1.54, 1.807) is 32.2 Å². The zero-order valence-electron chi connectivity index (χ0n) is 17.2. The van der Waals surface area contributed by atoms with Gasteiger partial charge in [-0.1, -0.05) is 11.3 Å². The SMILES string of the molecule is COc1ccc(OC)c([C@@H]2CC(=O)Nc3c2cnn3-c2nc3ccc(OC)cc3s2)c1. The van der Waals surface area contributed by atoms with Gasteiger partial charge in [0.25, 0.3) is 0 Å². The Hall–Kier alpha value is -3.59. The van der Waals surface area contributed by atoms with Crippen LogP contribution in [0.2, 0.25) is 0 Å². The van der Waals surface area contributed by atoms with Gasteiger partial charge in [-0.25, -0.2) is 4.98 Å². The molecular weight excluding hydrogens is 416 g/mol. The fourth-order valence-corrected chi connectivity index (χ4v) is 4.82. The van der Waals surface area contributed by atoms with E-state index in [1.807, 2.05) is 36.4 Å². The first-order valence-corrected chi connectivity index (χ1v) is 10.5. The van der Waals surface area contributed by atoms with Crippen molar-refractivity contribution in [2.75, 3.05) is 26.6 Å². The summed E-state index contributed by atoms with van der Waals surface area (Å²) in [5, 5.41) is 8.20. The van der Waals surface area contributed by atoms with E-state index >= 15 is 0 Å². The number of benzene rings is 2. The van der Waals surface area contributed by atoms with Crippen molar-refractivity contribution >= 4 is 33.3 Å². The second kappa shape index (κ2) is 7.59. The number of rotatable bonds is 5. The Morgan fingerprint density at radius 3 is 2.58 bits per heavy atom. The van der Waals surface area contributed by atoms with Crippen molar-refractivity contribution in [2.24, 2.45) is 0 Å². The maximum Gasteiger partial charge on any atom is 0.226 e. The molecule has 8 nitrogen and oxygen atoms in total. The van der Waals surface area contributed by atoms with Gasteiger partial charge in [-0.2, -0.15) is 9.78 Å². The summed E-state index contributed by atoms with van der Waals surface area (Å²) < 4.78 is 18.9. The van der Waals surface area contributed by atoms with Gasteiger partial charge in [0, 0.05) is 23.5 Å². The van der Waals surface area contributed by atoms with E-state index < -0.39 is 0 Å². The van der Waals surface area contributed by atoms with Gasteiger partial charge >= 0.3 is 0 Å². The molecule has 2 aromatic heterocycles. The van der Waals surface area contributed by atoms with E-state index in [9.17, 15) is 4.79 Å². The molecule has 0 aliphatic carbocycles. The lowest BCUT2D eigenvalue weighted by atomic mass is 9.86. The Balaban J connectivity index is 1.62. The minimum absolute atomic E-state index is 0.0908. The Bertz CT molecular complexity index is 1300. The second-order valence-corrected chi connectivity index (χ2v) is 8.11. The fourth-order valence-electron chi connectivity index (χ4n) is 3.86. The molecule has 3 heterocycles. The first-order valence-electron chi connectivity index (χ1n) is 9.66. The molecule has 1 aliphatic heterocycles. The largest absolute Gasteiger partial charge is 0.497 e. The van der Waals surface area contributed by atoms with Gasteiger partial charge in [-0.3, -0.25) is 4.79 Å². The van der Waals surface area contributed by atoms with E-state index in [4.69, 9.17) is 19.2 Å². The summed E-state index contributed by atoms with van der Waals surface area (Å²) >= 11 is 1.48. The van der Waals surface area contributed by atoms with Crippen molar-refractivity contribution in [3.63, 3.8) is 0 Å². The average molecular weight is 436 g/mol. The zero-order valence-corrected chi connectivity index (χ0v) is 18.0. The summed E-state index contributed by atoms with van der Waals surface area (Å²) in [6.07, 6.45) is 2.07. The maximum atomic E-state index is 12.6. The molecular formula is C22H20N4O4S. The van der Waals surface area contributed by atoms with E-state index in [-0.39, 0.29) is 11.8 Å². The van der Waals surface area contributed by atoms with Gasteiger partial charge in [0.2, 0.25) is 11.0 Å². The summed E-state index contributed by atoms with van der Waals surface area (Å²) in [6.45, 7) is 0. The Labute approximate surface area is 182 Å². The van der Waals surface area contributed by atoms with Gasteiger partial charge in [0.15, 0.2) is 0 Å². The van der Waals surface area contributed by atoms with Crippen molar-refractivity contribution in [3.8, 4) is 22.4 Å². The molecule has 2 aromatic carbocycles. The van der Waals surface area contributed by atoms with Crippen LogP contribution in [0.3, 0.4) is 0 Å². The molecule has 31 heavy (non-hydrogen) atoms. The van der Waals surface area contributed by atoms with E-state index in [0.29, 0.717) is 28.9 Å². The molecule has 1 amide bonds. The number of thiazole rings is 1. The molecule has 1 N–H and O–H groups in total. The highest BCUT2D eigenvalue weighted by Gasteiger charge is 2.33.